The summed E-state index contributed by atoms with van der Waals surface area (Å²) >= 11 is 0. The maximum atomic E-state index is 12.5. The first kappa shape index (κ1) is 9.71. The van der Waals surface area contributed by atoms with Crippen LogP contribution in [-0.2, 0) is 6.18 Å². The van der Waals surface area contributed by atoms with E-state index in [2.05, 4.69) is 17.1 Å². The standard InChI is InChI=1S/C10H6F3NO/c1-15-8-6-4-2-3-5-7(6)14-9(8)10(11,12)13/h2,4,14H,1H3. The molecule has 0 unspecified atom stereocenters. The highest BCUT2D eigenvalue weighted by Gasteiger charge is 2.37. The van der Waals surface area contributed by atoms with Crippen LogP contribution in [0, 0.1) is 12.1 Å². The Morgan fingerprint density at radius 1 is 1.40 bits per heavy atom. The third-order valence-corrected chi connectivity index (χ3v) is 2.01. The predicted octanol–water partition coefficient (Wildman–Crippen LogP) is 2.80. The van der Waals surface area contributed by atoms with Crippen LogP contribution in [0.1, 0.15) is 5.69 Å². The summed E-state index contributed by atoms with van der Waals surface area (Å²) < 4.78 is 42.4. The van der Waals surface area contributed by atoms with Gasteiger partial charge in [-0.05, 0) is 18.2 Å². The summed E-state index contributed by atoms with van der Waals surface area (Å²) in [5.41, 5.74) is -0.655. The molecule has 0 spiro atoms. The van der Waals surface area contributed by atoms with Gasteiger partial charge in [0.25, 0.3) is 0 Å². The number of alkyl halides is 3. The fourth-order valence-corrected chi connectivity index (χ4v) is 1.41. The fraction of sp³-hybridized carbons (Fsp3) is 0.200. The number of aromatic nitrogens is 1. The molecule has 0 aliphatic carbocycles. The normalized spacial score (nSPS) is 11.5. The highest BCUT2D eigenvalue weighted by atomic mass is 19.4. The molecule has 0 bridgehead atoms. The summed E-state index contributed by atoms with van der Waals surface area (Å²) in [4.78, 5) is 2.22. The molecular formula is C10H6F3NO. The van der Waals surface area contributed by atoms with Crippen molar-refractivity contribution in [3.05, 3.63) is 30.0 Å². The third kappa shape index (κ3) is 1.48. The molecular weight excluding hydrogens is 207 g/mol. The molecule has 1 N–H and O–H groups in total. The molecule has 1 aromatic heterocycles. The first-order valence-corrected chi connectivity index (χ1v) is 4.09. The van der Waals surface area contributed by atoms with Crippen LogP contribution in [0.25, 0.3) is 10.9 Å². The van der Waals surface area contributed by atoms with E-state index in [4.69, 9.17) is 4.74 Å². The van der Waals surface area contributed by atoms with Gasteiger partial charge in [-0.25, -0.2) is 0 Å². The van der Waals surface area contributed by atoms with Crippen molar-refractivity contribution < 1.29 is 17.9 Å². The lowest BCUT2D eigenvalue weighted by Crippen LogP contribution is -2.07. The van der Waals surface area contributed by atoms with Gasteiger partial charge in [0.2, 0.25) is 0 Å². The maximum absolute atomic E-state index is 12.5. The average Bonchev–Trinajstić information content (AvgIpc) is 2.55. The largest absolute Gasteiger partial charge is 0.494 e. The molecule has 15 heavy (non-hydrogen) atoms. The lowest BCUT2D eigenvalue weighted by atomic mass is 10.2. The molecule has 2 rings (SSSR count). The number of nitrogens with one attached hydrogen (secondary N) is 1. The van der Waals surface area contributed by atoms with Crippen LogP contribution in [0.4, 0.5) is 13.2 Å². The minimum atomic E-state index is -4.46. The van der Waals surface area contributed by atoms with E-state index < -0.39 is 11.9 Å². The minimum Gasteiger partial charge on any atom is -0.494 e. The van der Waals surface area contributed by atoms with E-state index in [1.54, 1.807) is 0 Å². The topological polar surface area (TPSA) is 25.0 Å². The Hall–Kier alpha value is -1.83. The number of rotatable bonds is 1. The van der Waals surface area contributed by atoms with E-state index in [0.29, 0.717) is 5.39 Å². The number of hydrogen-bond donors (Lipinski definition) is 1. The molecule has 1 heterocycles. The van der Waals surface area contributed by atoms with Gasteiger partial charge in [-0.15, -0.1) is 0 Å². The molecule has 0 radical (unpaired) electrons. The van der Waals surface area contributed by atoms with Gasteiger partial charge in [0.1, 0.15) is 5.52 Å². The average molecular weight is 213 g/mol. The number of ether oxygens (including phenoxy) is 1. The molecule has 0 saturated heterocycles. The van der Waals surface area contributed by atoms with Gasteiger partial charge in [-0.1, -0.05) is 6.07 Å². The Balaban J connectivity index is 2.75. The van der Waals surface area contributed by atoms with Gasteiger partial charge in [0.15, 0.2) is 11.4 Å². The van der Waals surface area contributed by atoms with Crippen molar-refractivity contribution in [3.63, 3.8) is 0 Å². The highest BCUT2D eigenvalue weighted by molar-refractivity contribution is 5.86. The quantitative estimate of drug-likeness (QED) is 0.774. The van der Waals surface area contributed by atoms with Crippen molar-refractivity contribution in [2.45, 2.75) is 6.18 Å². The smallest absolute Gasteiger partial charge is 0.434 e. The molecule has 0 aliphatic heterocycles. The van der Waals surface area contributed by atoms with Crippen LogP contribution in [-0.4, -0.2) is 12.1 Å². The van der Waals surface area contributed by atoms with Crippen molar-refractivity contribution >= 4 is 10.9 Å². The van der Waals surface area contributed by atoms with E-state index in [1.807, 2.05) is 0 Å². The minimum absolute atomic E-state index is 0.206. The number of methoxy groups -OCH3 is 1. The van der Waals surface area contributed by atoms with E-state index in [9.17, 15) is 13.2 Å². The zero-order chi connectivity index (χ0) is 11.1. The Kier molecular flexibility index (Phi) is 2.00. The molecule has 78 valence electrons. The van der Waals surface area contributed by atoms with E-state index in [1.165, 1.54) is 19.2 Å². The van der Waals surface area contributed by atoms with Crippen molar-refractivity contribution in [2.24, 2.45) is 0 Å². The SMILES string of the molecule is COc1c(C(F)(F)F)[nH]c2c#cccc12. The second kappa shape index (κ2) is 3.09. The molecule has 0 atom stereocenters. The van der Waals surface area contributed by atoms with E-state index in [-0.39, 0.29) is 11.3 Å². The monoisotopic (exact) mass is 213 g/mol. The fourth-order valence-electron chi connectivity index (χ4n) is 1.41. The number of H-pyrrole nitrogens is 1. The Labute approximate surface area is 83.7 Å². The number of fused-ring (bicyclic) bond motifs is 1. The van der Waals surface area contributed by atoms with Crippen LogP contribution in [0.2, 0.25) is 0 Å². The first-order valence-electron chi connectivity index (χ1n) is 4.09. The van der Waals surface area contributed by atoms with Crippen LogP contribution < -0.4 is 4.74 Å². The molecule has 1 aromatic carbocycles. The Morgan fingerprint density at radius 3 is 2.73 bits per heavy atom. The molecule has 0 saturated carbocycles. The third-order valence-electron chi connectivity index (χ3n) is 2.01. The summed E-state index contributed by atoms with van der Waals surface area (Å²) in [7, 11) is 1.20. The predicted molar refractivity (Wildman–Crippen MR) is 47.5 cm³/mol. The van der Waals surface area contributed by atoms with Gasteiger partial charge in [-0.2, -0.15) is 13.2 Å². The number of halogens is 3. The summed E-state index contributed by atoms with van der Waals surface area (Å²) in [5, 5.41) is 0.351. The van der Waals surface area contributed by atoms with E-state index >= 15 is 0 Å². The van der Waals surface area contributed by atoms with Crippen molar-refractivity contribution in [1.29, 1.82) is 0 Å². The summed E-state index contributed by atoms with van der Waals surface area (Å²) in [6.45, 7) is 0. The van der Waals surface area contributed by atoms with Crippen molar-refractivity contribution in [2.75, 3.05) is 7.11 Å². The molecule has 0 amide bonds. The lowest BCUT2D eigenvalue weighted by Gasteiger charge is -2.06. The van der Waals surface area contributed by atoms with Crippen LogP contribution in [0.3, 0.4) is 0 Å². The maximum Gasteiger partial charge on any atom is 0.434 e. The van der Waals surface area contributed by atoms with Gasteiger partial charge < -0.3 is 9.72 Å². The molecule has 2 nitrogen and oxygen atoms in total. The molecule has 2 aromatic rings. The van der Waals surface area contributed by atoms with Crippen LogP contribution in [0.5, 0.6) is 5.75 Å². The van der Waals surface area contributed by atoms with Crippen molar-refractivity contribution in [1.82, 2.24) is 4.98 Å². The summed E-state index contributed by atoms with van der Waals surface area (Å²) in [5.74, 6) is -0.206. The number of aromatic amines is 1. The van der Waals surface area contributed by atoms with Gasteiger partial charge >= 0.3 is 6.18 Å². The zero-order valence-corrected chi connectivity index (χ0v) is 7.70. The lowest BCUT2D eigenvalue weighted by molar-refractivity contribution is -0.141. The second-order valence-electron chi connectivity index (χ2n) is 2.92. The second-order valence-corrected chi connectivity index (χ2v) is 2.92. The van der Waals surface area contributed by atoms with Crippen LogP contribution >= 0.6 is 0 Å². The van der Waals surface area contributed by atoms with Gasteiger partial charge in [0.05, 0.1) is 12.5 Å². The molecule has 0 aliphatic rings. The van der Waals surface area contributed by atoms with Gasteiger partial charge in [-0.3, -0.25) is 0 Å². The Morgan fingerprint density at radius 2 is 2.13 bits per heavy atom. The highest BCUT2D eigenvalue weighted by Crippen LogP contribution is 2.39. The first-order chi connectivity index (χ1) is 7.04. The summed E-state index contributed by atoms with van der Waals surface area (Å²) in [6.07, 6.45) is -4.46. The molecule has 0 fully saturated rings. The summed E-state index contributed by atoms with van der Waals surface area (Å²) in [6, 6.07) is 8.11. The van der Waals surface area contributed by atoms with Crippen LogP contribution in [0.15, 0.2) is 12.1 Å². The number of hydrogen-bond acceptors (Lipinski definition) is 1. The van der Waals surface area contributed by atoms with E-state index in [0.717, 1.165) is 0 Å². The van der Waals surface area contributed by atoms with Crippen molar-refractivity contribution in [3.8, 4) is 5.75 Å². The van der Waals surface area contributed by atoms with Gasteiger partial charge in [0, 0.05) is 0 Å². The Bertz CT molecular complexity index is 487. The molecule has 5 heteroatoms. The zero-order valence-electron chi connectivity index (χ0n) is 7.70.